The Morgan fingerprint density at radius 1 is 1.54 bits per heavy atom. The van der Waals surface area contributed by atoms with Gasteiger partial charge in [-0.05, 0) is 6.42 Å². The molecule has 1 unspecified atom stereocenters. The van der Waals surface area contributed by atoms with Crippen LogP contribution in [0, 0.1) is 5.92 Å². The van der Waals surface area contributed by atoms with Gasteiger partial charge >= 0.3 is 5.97 Å². The summed E-state index contributed by atoms with van der Waals surface area (Å²) in [5.74, 6) is 0.307. The van der Waals surface area contributed by atoms with E-state index < -0.39 is 5.97 Å². The highest BCUT2D eigenvalue weighted by molar-refractivity contribution is 7.99. The lowest BCUT2D eigenvalue weighted by Gasteiger charge is -2.10. The monoisotopic (exact) mass is 206 g/mol. The molecular formula is C9H18O3S. The van der Waals surface area contributed by atoms with Gasteiger partial charge in [-0.25, -0.2) is 0 Å². The van der Waals surface area contributed by atoms with Crippen LogP contribution in [0.3, 0.4) is 0 Å². The summed E-state index contributed by atoms with van der Waals surface area (Å²) in [4.78, 5) is 10.7. The molecule has 3 nitrogen and oxygen atoms in total. The van der Waals surface area contributed by atoms with Crippen LogP contribution < -0.4 is 0 Å². The highest BCUT2D eigenvalue weighted by Crippen LogP contribution is 2.15. The van der Waals surface area contributed by atoms with Crippen LogP contribution in [0.4, 0.5) is 0 Å². The zero-order valence-electron chi connectivity index (χ0n) is 8.03. The van der Waals surface area contributed by atoms with Gasteiger partial charge in [0.15, 0.2) is 0 Å². The number of aliphatic hydroxyl groups is 1. The predicted molar refractivity (Wildman–Crippen MR) is 55.1 cm³/mol. The molecule has 4 heteroatoms. The Bertz CT molecular complexity index is 139. The van der Waals surface area contributed by atoms with Crippen molar-refractivity contribution in [2.24, 2.45) is 5.92 Å². The molecule has 0 saturated carbocycles. The van der Waals surface area contributed by atoms with Gasteiger partial charge < -0.3 is 10.2 Å². The van der Waals surface area contributed by atoms with E-state index in [1.165, 1.54) is 11.8 Å². The summed E-state index contributed by atoms with van der Waals surface area (Å²) in [6.45, 7) is 2.19. The summed E-state index contributed by atoms with van der Waals surface area (Å²) in [5, 5.41) is 17.3. The van der Waals surface area contributed by atoms with Crippen LogP contribution in [-0.2, 0) is 4.79 Å². The Morgan fingerprint density at radius 3 is 2.69 bits per heavy atom. The maximum Gasteiger partial charge on any atom is 0.307 e. The first-order valence-electron chi connectivity index (χ1n) is 4.63. The molecule has 1 atom stereocenters. The number of thioether (sulfide) groups is 1. The zero-order valence-corrected chi connectivity index (χ0v) is 8.85. The maximum atomic E-state index is 10.7. The fourth-order valence-electron chi connectivity index (χ4n) is 1.02. The Balaban J connectivity index is 3.61. The second kappa shape index (κ2) is 8.38. The number of aliphatic hydroxyl groups excluding tert-OH is 1. The van der Waals surface area contributed by atoms with E-state index in [2.05, 4.69) is 6.92 Å². The normalized spacial score (nSPS) is 12.8. The number of carboxylic acids is 1. The first kappa shape index (κ1) is 12.8. The molecule has 0 bridgehead atoms. The smallest absolute Gasteiger partial charge is 0.307 e. The Labute approximate surface area is 83.5 Å². The van der Waals surface area contributed by atoms with Gasteiger partial charge in [-0.3, -0.25) is 4.79 Å². The SMILES string of the molecule is CCCCC(CSCCO)C(=O)O. The van der Waals surface area contributed by atoms with Gasteiger partial charge in [0.25, 0.3) is 0 Å². The number of aliphatic carboxylic acids is 1. The van der Waals surface area contributed by atoms with Crippen molar-refractivity contribution in [2.75, 3.05) is 18.1 Å². The van der Waals surface area contributed by atoms with Crippen molar-refractivity contribution in [1.29, 1.82) is 0 Å². The number of rotatable bonds is 8. The van der Waals surface area contributed by atoms with E-state index in [1.54, 1.807) is 0 Å². The van der Waals surface area contributed by atoms with Crippen molar-refractivity contribution in [3.8, 4) is 0 Å². The largest absolute Gasteiger partial charge is 0.481 e. The van der Waals surface area contributed by atoms with E-state index in [-0.39, 0.29) is 12.5 Å². The van der Waals surface area contributed by atoms with Crippen LogP contribution in [0.15, 0.2) is 0 Å². The van der Waals surface area contributed by atoms with Gasteiger partial charge in [-0.2, -0.15) is 11.8 Å². The Hall–Kier alpha value is -0.220. The topological polar surface area (TPSA) is 57.5 Å². The van der Waals surface area contributed by atoms with Crippen LogP contribution in [0.5, 0.6) is 0 Å². The molecule has 0 fully saturated rings. The molecule has 2 N–H and O–H groups in total. The van der Waals surface area contributed by atoms with Gasteiger partial charge in [-0.15, -0.1) is 0 Å². The molecule has 0 aliphatic heterocycles. The third-order valence-corrected chi connectivity index (χ3v) is 2.92. The lowest BCUT2D eigenvalue weighted by molar-refractivity contribution is -0.141. The lowest BCUT2D eigenvalue weighted by atomic mass is 10.1. The van der Waals surface area contributed by atoms with Gasteiger partial charge in [0.05, 0.1) is 12.5 Å². The molecule has 0 aromatic rings. The first-order valence-corrected chi connectivity index (χ1v) is 5.79. The molecule has 0 radical (unpaired) electrons. The maximum absolute atomic E-state index is 10.7. The standard InChI is InChI=1S/C9H18O3S/c1-2-3-4-8(9(11)12)7-13-6-5-10/h8,10H,2-7H2,1H3,(H,11,12). The predicted octanol–water partition coefficient (Wildman–Crippen LogP) is 1.60. The Kier molecular flexibility index (Phi) is 8.24. The number of hydrogen-bond acceptors (Lipinski definition) is 3. The summed E-state index contributed by atoms with van der Waals surface area (Å²) >= 11 is 1.51. The minimum atomic E-state index is -0.709. The zero-order chi connectivity index (χ0) is 10.1. The number of unbranched alkanes of at least 4 members (excludes halogenated alkanes) is 1. The highest BCUT2D eigenvalue weighted by Gasteiger charge is 2.15. The van der Waals surface area contributed by atoms with Crippen LogP contribution in [0.25, 0.3) is 0 Å². The summed E-state index contributed by atoms with van der Waals surface area (Å²) in [7, 11) is 0. The van der Waals surface area contributed by atoms with Crippen molar-refractivity contribution >= 4 is 17.7 Å². The summed E-state index contributed by atoms with van der Waals surface area (Å²) in [6, 6.07) is 0. The number of carboxylic acid groups (broad SMARTS) is 1. The van der Waals surface area contributed by atoms with E-state index in [4.69, 9.17) is 10.2 Å². The fourth-order valence-corrected chi connectivity index (χ4v) is 1.91. The molecule has 78 valence electrons. The minimum Gasteiger partial charge on any atom is -0.481 e. The highest BCUT2D eigenvalue weighted by atomic mass is 32.2. The van der Waals surface area contributed by atoms with Gasteiger partial charge in [0, 0.05) is 11.5 Å². The van der Waals surface area contributed by atoms with Gasteiger partial charge in [-0.1, -0.05) is 19.8 Å². The molecule has 13 heavy (non-hydrogen) atoms. The summed E-state index contributed by atoms with van der Waals surface area (Å²) in [5.41, 5.74) is 0. The molecule has 0 spiro atoms. The molecule has 0 saturated heterocycles. The third kappa shape index (κ3) is 6.90. The molecule has 0 heterocycles. The van der Waals surface area contributed by atoms with E-state index in [9.17, 15) is 4.79 Å². The van der Waals surface area contributed by atoms with Crippen molar-refractivity contribution in [3.05, 3.63) is 0 Å². The van der Waals surface area contributed by atoms with Crippen molar-refractivity contribution in [3.63, 3.8) is 0 Å². The molecule has 0 aromatic carbocycles. The average Bonchev–Trinajstić information content (AvgIpc) is 2.10. The van der Waals surface area contributed by atoms with E-state index in [1.807, 2.05) is 0 Å². The Morgan fingerprint density at radius 2 is 2.23 bits per heavy atom. The second-order valence-electron chi connectivity index (χ2n) is 2.98. The molecular weight excluding hydrogens is 188 g/mol. The van der Waals surface area contributed by atoms with Crippen LogP contribution >= 0.6 is 11.8 Å². The molecule has 0 rings (SSSR count). The van der Waals surface area contributed by atoms with Gasteiger partial charge in [0.2, 0.25) is 0 Å². The summed E-state index contributed by atoms with van der Waals surface area (Å²) in [6.07, 6.45) is 2.76. The molecule has 0 aliphatic rings. The average molecular weight is 206 g/mol. The van der Waals surface area contributed by atoms with E-state index in [0.29, 0.717) is 11.5 Å². The second-order valence-corrected chi connectivity index (χ2v) is 4.13. The number of carbonyl (C=O) groups is 1. The van der Waals surface area contributed by atoms with Crippen molar-refractivity contribution in [1.82, 2.24) is 0 Å². The molecule has 0 aliphatic carbocycles. The van der Waals surface area contributed by atoms with Crippen LogP contribution in [0.1, 0.15) is 26.2 Å². The van der Waals surface area contributed by atoms with Crippen molar-refractivity contribution < 1.29 is 15.0 Å². The minimum absolute atomic E-state index is 0.130. The van der Waals surface area contributed by atoms with Crippen molar-refractivity contribution in [2.45, 2.75) is 26.2 Å². The fraction of sp³-hybridized carbons (Fsp3) is 0.889. The summed E-state index contributed by atoms with van der Waals surface area (Å²) < 4.78 is 0. The number of hydrogen-bond donors (Lipinski definition) is 2. The first-order chi connectivity index (χ1) is 6.22. The molecule has 0 aromatic heterocycles. The quantitative estimate of drug-likeness (QED) is 0.592. The third-order valence-electron chi connectivity index (χ3n) is 1.81. The van der Waals surface area contributed by atoms with Gasteiger partial charge in [0.1, 0.15) is 0 Å². The lowest BCUT2D eigenvalue weighted by Crippen LogP contribution is -2.16. The van der Waals surface area contributed by atoms with E-state index in [0.717, 1.165) is 19.3 Å². The van der Waals surface area contributed by atoms with E-state index >= 15 is 0 Å². The van der Waals surface area contributed by atoms with Crippen LogP contribution in [-0.4, -0.2) is 34.3 Å². The van der Waals surface area contributed by atoms with Crippen LogP contribution in [0.2, 0.25) is 0 Å². The molecule has 0 amide bonds.